The van der Waals surface area contributed by atoms with E-state index in [9.17, 15) is 4.39 Å². The molecule has 1 unspecified atom stereocenters. The van der Waals surface area contributed by atoms with Crippen molar-refractivity contribution in [1.29, 1.82) is 0 Å². The maximum absolute atomic E-state index is 12.1. The molecule has 2 fully saturated rings. The number of aryl methyl sites for hydroxylation is 1. The van der Waals surface area contributed by atoms with E-state index in [4.69, 9.17) is 16.6 Å². The third-order valence-electron chi connectivity index (χ3n) is 5.55. The number of nitrogens with zero attached hydrogens (tertiary/aromatic N) is 5. The van der Waals surface area contributed by atoms with Crippen LogP contribution in [0.3, 0.4) is 0 Å². The third-order valence-corrected chi connectivity index (χ3v) is 7.83. The first-order valence-electron chi connectivity index (χ1n) is 10.8. The quantitative estimate of drug-likeness (QED) is 0.497. The molecule has 1 N–H and O–H groups in total. The largest absolute Gasteiger partial charge is 0.326 e. The van der Waals surface area contributed by atoms with E-state index in [1.165, 1.54) is 41.8 Å². The lowest BCUT2D eigenvalue weighted by atomic mass is 10.0. The average Bonchev–Trinajstić information content (AvgIpc) is 3.18. The van der Waals surface area contributed by atoms with Gasteiger partial charge in [-0.3, -0.25) is 14.4 Å². The maximum atomic E-state index is 12.1. The molecule has 6 rings (SSSR count). The molecule has 0 amide bonds. The first kappa shape index (κ1) is 22.6. The van der Waals surface area contributed by atoms with Crippen molar-refractivity contribution >= 4 is 46.3 Å². The predicted octanol–water partition coefficient (Wildman–Crippen LogP) is 5.00. The van der Waals surface area contributed by atoms with Gasteiger partial charge in [0.2, 0.25) is 0 Å². The summed E-state index contributed by atoms with van der Waals surface area (Å²) < 4.78 is 17.6. The average molecular weight is 503 g/mol. The van der Waals surface area contributed by atoms with Gasteiger partial charge in [0.05, 0.1) is 12.7 Å². The molecule has 1 saturated heterocycles. The summed E-state index contributed by atoms with van der Waals surface area (Å²) in [5, 5.41) is 8.63. The smallest absolute Gasteiger partial charge is 0.165 e. The van der Waals surface area contributed by atoms with Crippen molar-refractivity contribution in [2.75, 3.05) is 13.1 Å². The first-order valence-corrected chi connectivity index (χ1v) is 13.0. The molecule has 10 heteroatoms. The Hall–Kier alpha value is -2.20. The van der Waals surface area contributed by atoms with E-state index in [1.807, 2.05) is 41.5 Å². The van der Waals surface area contributed by atoms with Crippen molar-refractivity contribution in [3.8, 4) is 0 Å². The van der Waals surface area contributed by atoms with Gasteiger partial charge in [-0.15, -0.1) is 11.3 Å². The Balaban J connectivity index is 0.000000243. The second-order valence-corrected chi connectivity index (χ2v) is 10.7. The number of rotatable bonds is 5. The van der Waals surface area contributed by atoms with Crippen LogP contribution in [0.25, 0.3) is 5.57 Å². The van der Waals surface area contributed by atoms with Crippen LogP contribution < -0.4 is 4.72 Å². The van der Waals surface area contributed by atoms with Crippen LogP contribution in [0.2, 0.25) is 5.02 Å². The summed E-state index contributed by atoms with van der Waals surface area (Å²) >= 11 is 8.98. The first-order chi connectivity index (χ1) is 16.1. The summed E-state index contributed by atoms with van der Waals surface area (Å²) in [5.41, 5.74) is 3.86. The minimum absolute atomic E-state index is 0.294. The van der Waals surface area contributed by atoms with Gasteiger partial charge in [-0.25, -0.2) is 9.37 Å². The van der Waals surface area contributed by atoms with E-state index in [2.05, 4.69) is 25.9 Å². The van der Waals surface area contributed by atoms with Gasteiger partial charge in [0.15, 0.2) is 10.8 Å². The van der Waals surface area contributed by atoms with E-state index < -0.39 is 0 Å². The molecule has 4 heterocycles. The van der Waals surface area contributed by atoms with Gasteiger partial charge in [0.25, 0.3) is 0 Å². The molecule has 1 saturated carbocycles. The molecule has 2 aliphatic heterocycles. The van der Waals surface area contributed by atoms with Crippen LogP contribution in [0.15, 0.2) is 58.9 Å². The highest BCUT2D eigenvalue weighted by molar-refractivity contribution is 7.98. The number of amidine groups is 1. The highest BCUT2D eigenvalue weighted by atomic mass is 35.5. The molecule has 1 aromatic carbocycles. The number of benzene rings is 1. The molecule has 1 aliphatic carbocycles. The molecule has 172 valence electrons. The van der Waals surface area contributed by atoms with Crippen LogP contribution in [0, 0.1) is 5.82 Å². The highest BCUT2D eigenvalue weighted by Crippen LogP contribution is 2.37. The van der Waals surface area contributed by atoms with Crippen molar-refractivity contribution in [3.63, 3.8) is 0 Å². The lowest BCUT2D eigenvalue weighted by Gasteiger charge is -2.27. The SMILES string of the molecule is Cn1cc(C2=C3CC(NSC4CC4)CN3C(c3nccs3)=NC2)cn1.Fc1cccc(Cl)c1. The van der Waals surface area contributed by atoms with E-state index in [1.54, 1.807) is 23.5 Å². The second-order valence-electron chi connectivity index (χ2n) is 8.19. The number of nitrogens with one attached hydrogen (secondary N) is 1. The van der Waals surface area contributed by atoms with Crippen LogP contribution in [-0.2, 0) is 7.05 Å². The minimum atomic E-state index is -0.294. The number of hydrogen-bond acceptors (Lipinski definition) is 7. The summed E-state index contributed by atoms with van der Waals surface area (Å²) in [6.07, 6.45) is 9.63. The van der Waals surface area contributed by atoms with Crippen molar-refractivity contribution in [1.82, 2.24) is 24.4 Å². The molecule has 3 aromatic rings. The zero-order valence-electron chi connectivity index (χ0n) is 18.1. The Labute approximate surface area is 205 Å². The van der Waals surface area contributed by atoms with Gasteiger partial charge in [-0.2, -0.15) is 5.10 Å². The number of thiazole rings is 1. The van der Waals surface area contributed by atoms with Crippen LogP contribution in [0.4, 0.5) is 4.39 Å². The summed E-state index contributed by atoms with van der Waals surface area (Å²) in [5.74, 6) is 0.732. The van der Waals surface area contributed by atoms with E-state index in [-0.39, 0.29) is 5.82 Å². The monoisotopic (exact) mass is 502 g/mol. The van der Waals surface area contributed by atoms with Crippen LogP contribution in [0.5, 0.6) is 0 Å². The van der Waals surface area contributed by atoms with E-state index in [0.717, 1.165) is 29.1 Å². The fourth-order valence-corrected chi connectivity index (χ4v) is 5.58. The maximum Gasteiger partial charge on any atom is 0.165 e. The number of fused-ring (bicyclic) bond motifs is 1. The van der Waals surface area contributed by atoms with Crippen molar-refractivity contribution in [3.05, 3.63) is 75.3 Å². The number of aliphatic imine (C=N–C) groups is 1. The van der Waals surface area contributed by atoms with Gasteiger partial charge in [0, 0.05) is 70.9 Å². The Bertz CT molecular complexity index is 1150. The highest BCUT2D eigenvalue weighted by Gasteiger charge is 2.36. The number of aromatic nitrogens is 3. The summed E-state index contributed by atoms with van der Waals surface area (Å²) in [4.78, 5) is 11.7. The predicted molar refractivity (Wildman–Crippen MR) is 134 cm³/mol. The molecule has 0 radical (unpaired) electrons. The van der Waals surface area contributed by atoms with Gasteiger partial charge in [0.1, 0.15) is 5.82 Å². The number of halogens is 2. The Morgan fingerprint density at radius 2 is 2.18 bits per heavy atom. The molecule has 33 heavy (non-hydrogen) atoms. The fraction of sp³-hybridized carbons (Fsp3) is 0.348. The topological polar surface area (TPSA) is 58.3 Å². The van der Waals surface area contributed by atoms with Gasteiger partial charge < -0.3 is 4.90 Å². The van der Waals surface area contributed by atoms with Crippen molar-refractivity contribution < 1.29 is 4.39 Å². The van der Waals surface area contributed by atoms with Crippen LogP contribution in [-0.4, -0.2) is 49.9 Å². The number of hydrogen-bond donors (Lipinski definition) is 1. The minimum Gasteiger partial charge on any atom is -0.326 e. The zero-order chi connectivity index (χ0) is 22.8. The molecular formula is C23H24ClFN6S2. The van der Waals surface area contributed by atoms with Crippen LogP contribution in [0.1, 0.15) is 29.8 Å². The molecule has 3 aliphatic rings. The van der Waals surface area contributed by atoms with Gasteiger partial charge in [-0.1, -0.05) is 29.6 Å². The second kappa shape index (κ2) is 9.97. The molecule has 6 nitrogen and oxygen atoms in total. The van der Waals surface area contributed by atoms with Crippen LogP contribution >= 0.6 is 34.9 Å². The van der Waals surface area contributed by atoms with Gasteiger partial charge >= 0.3 is 0 Å². The van der Waals surface area contributed by atoms with Crippen molar-refractivity contribution in [2.45, 2.75) is 30.6 Å². The van der Waals surface area contributed by atoms with Gasteiger partial charge in [-0.05, 0) is 31.0 Å². The summed E-state index contributed by atoms with van der Waals surface area (Å²) in [6.45, 7) is 1.66. The van der Waals surface area contributed by atoms with Crippen molar-refractivity contribution in [2.24, 2.45) is 12.0 Å². The Kier molecular flexibility index (Phi) is 6.82. The summed E-state index contributed by atoms with van der Waals surface area (Å²) in [7, 11) is 1.96. The van der Waals surface area contributed by atoms with E-state index >= 15 is 0 Å². The lowest BCUT2D eigenvalue weighted by molar-refractivity contribution is 0.545. The standard InChI is InChI=1S/C17H20N6S2.C6H4ClF/c1-22-9-11(7-20-22)14-8-19-16(17-18-4-5-24-17)23-10-12(6-15(14)23)21-25-13-2-3-13;7-5-2-1-3-6(8)4-5/h4-5,7,9,12-13,21H,2-3,6,8,10H2,1H3;1-4H. The normalized spacial score (nSPS) is 19.8. The lowest BCUT2D eigenvalue weighted by Crippen LogP contribution is -2.35. The summed E-state index contributed by atoms with van der Waals surface area (Å²) in [6, 6.07) is 6.27. The molecule has 0 bridgehead atoms. The fourth-order valence-electron chi connectivity index (χ4n) is 3.84. The zero-order valence-corrected chi connectivity index (χ0v) is 20.5. The third kappa shape index (κ3) is 5.48. The Morgan fingerprint density at radius 1 is 1.30 bits per heavy atom. The molecule has 1 atom stereocenters. The Morgan fingerprint density at radius 3 is 2.82 bits per heavy atom. The molecule has 2 aromatic heterocycles. The molecular weight excluding hydrogens is 479 g/mol. The molecule has 0 spiro atoms. The van der Waals surface area contributed by atoms with E-state index in [0.29, 0.717) is 17.6 Å².